The SMILES string of the molecule is Cc1cccc2c1-c1ccccc1S2(=O)=O. The van der Waals surface area contributed by atoms with Crippen LogP contribution in [0.3, 0.4) is 0 Å². The molecule has 3 heteroatoms. The Morgan fingerprint density at radius 3 is 2.38 bits per heavy atom. The summed E-state index contributed by atoms with van der Waals surface area (Å²) in [6.07, 6.45) is 0. The molecule has 0 aromatic heterocycles. The monoisotopic (exact) mass is 230 g/mol. The van der Waals surface area contributed by atoms with Gasteiger partial charge in [-0.2, -0.15) is 0 Å². The zero-order chi connectivity index (χ0) is 11.3. The highest BCUT2D eigenvalue weighted by Crippen LogP contribution is 2.44. The minimum atomic E-state index is -3.29. The van der Waals surface area contributed by atoms with Gasteiger partial charge in [-0.25, -0.2) is 8.42 Å². The predicted molar refractivity (Wildman–Crippen MR) is 62.1 cm³/mol. The first-order valence-corrected chi connectivity index (χ1v) is 6.55. The van der Waals surface area contributed by atoms with E-state index in [-0.39, 0.29) is 0 Å². The molecule has 1 aliphatic heterocycles. The Morgan fingerprint density at radius 2 is 1.56 bits per heavy atom. The first kappa shape index (κ1) is 9.60. The molecule has 1 aliphatic rings. The summed E-state index contributed by atoms with van der Waals surface area (Å²) in [5.74, 6) is 0. The van der Waals surface area contributed by atoms with E-state index < -0.39 is 9.84 Å². The lowest BCUT2D eigenvalue weighted by Crippen LogP contribution is -1.96. The maximum atomic E-state index is 12.2. The molecule has 0 N–H and O–H groups in total. The molecule has 2 aromatic carbocycles. The van der Waals surface area contributed by atoms with E-state index in [1.807, 2.05) is 25.1 Å². The van der Waals surface area contributed by atoms with Crippen LogP contribution < -0.4 is 0 Å². The molecule has 0 fully saturated rings. The highest BCUT2D eigenvalue weighted by Gasteiger charge is 2.32. The van der Waals surface area contributed by atoms with E-state index in [0.29, 0.717) is 9.79 Å². The Morgan fingerprint density at radius 1 is 0.875 bits per heavy atom. The fourth-order valence-corrected chi connectivity index (χ4v) is 3.99. The largest absolute Gasteiger partial charge is 0.218 e. The summed E-state index contributed by atoms with van der Waals surface area (Å²) in [4.78, 5) is 0.869. The molecule has 0 unspecified atom stereocenters. The molecule has 1 heterocycles. The Balaban J connectivity index is 2.56. The number of benzene rings is 2. The molecule has 2 aromatic rings. The number of aryl methyl sites for hydroxylation is 1. The predicted octanol–water partition coefficient (Wildman–Crippen LogP) is 2.81. The molecule has 0 saturated heterocycles. The van der Waals surface area contributed by atoms with Gasteiger partial charge in [-0.05, 0) is 24.6 Å². The Kier molecular flexibility index (Phi) is 1.77. The maximum absolute atomic E-state index is 12.2. The summed E-state index contributed by atoms with van der Waals surface area (Å²) < 4.78 is 24.5. The minimum Gasteiger partial charge on any atom is -0.218 e. The molecule has 0 atom stereocenters. The zero-order valence-corrected chi connectivity index (χ0v) is 9.58. The highest BCUT2D eigenvalue weighted by atomic mass is 32.2. The zero-order valence-electron chi connectivity index (χ0n) is 8.77. The van der Waals surface area contributed by atoms with Crippen LogP contribution in [0.25, 0.3) is 11.1 Å². The topological polar surface area (TPSA) is 34.1 Å². The van der Waals surface area contributed by atoms with Gasteiger partial charge >= 0.3 is 0 Å². The van der Waals surface area contributed by atoms with E-state index in [4.69, 9.17) is 0 Å². The molecule has 2 nitrogen and oxygen atoms in total. The smallest absolute Gasteiger partial charge is 0.207 e. The summed E-state index contributed by atoms with van der Waals surface area (Å²) in [5.41, 5.74) is 2.69. The van der Waals surface area contributed by atoms with Crippen LogP contribution in [0.2, 0.25) is 0 Å². The third kappa shape index (κ3) is 1.04. The van der Waals surface area contributed by atoms with E-state index >= 15 is 0 Å². The van der Waals surface area contributed by atoms with Gasteiger partial charge in [-0.15, -0.1) is 0 Å². The van der Waals surface area contributed by atoms with Gasteiger partial charge in [0.1, 0.15) is 0 Å². The number of fused-ring (bicyclic) bond motifs is 3. The molecule has 0 saturated carbocycles. The molecule has 0 radical (unpaired) electrons. The van der Waals surface area contributed by atoms with Crippen molar-refractivity contribution in [1.82, 2.24) is 0 Å². The minimum absolute atomic E-state index is 0.430. The van der Waals surface area contributed by atoms with Crippen molar-refractivity contribution < 1.29 is 8.42 Å². The van der Waals surface area contributed by atoms with Crippen LogP contribution in [0.1, 0.15) is 5.56 Å². The van der Waals surface area contributed by atoms with Crippen molar-refractivity contribution in [2.24, 2.45) is 0 Å². The van der Waals surface area contributed by atoms with Crippen LogP contribution >= 0.6 is 0 Å². The second kappa shape index (κ2) is 2.95. The van der Waals surface area contributed by atoms with Crippen molar-refractivity contribution in [2.45, 2.75) is 16.7 Å². The maximum Gasteiger partial charge on any atom is 0.207 e. The van der Waals surface area contributed by atoms with Crippen molar-refractivity contribution in [2.75, 3.05) is 0 Å². The van der Waals surface area contributed by atoms with E-state index in [2.05, 4.69) is 0 Å². The van der Waals surface area contributed by atoms with Crippen LogP contribution in [0.4, 0.5) is 0 Å². The van der Waals surface area contributed by atoms with Crippen LogP contribution in [0.5, 0.6) is 0 Å². The summed E-state index contributed by atoms with van der Waals surface area (Å²) in [5, 5.41) is 0. The number of rotatable bonds is 0. The molecule has 3 rings (SSSR count). The first-order chi connectivity index (χ1) is 7.62. The molecule has 0 amide bonds. The quantitative estimate of drug-likeness (QED) is 0.595. The van der Waals surface area contributed by atoms with Crippen molar-refractivity contribution >= 4 is 9.84 Å². The van der Waals surface area contributed by atoms with Gasteiger partial charge in [0.25, 0.3) is 0 Å². The third-order valence-corrected chi connectivity index (χ3v) is 4.82. The van der Waals surface area contributed by atoms with E-state index in [0.717, 1.165) is 16.7 Å². The van der Waals surface area contributed by atoms with E-state index in [9.17, 15) is 8.42 Å². The van der Waals surface area contributed by atoms with Crippen molar-refractivity contribution in [1.29, 1.82) is 0 Å². The lowest BCUT2D eigenvalue weighted by molar-refractivity contribution is 0.598. The summed E-state index contributed by atoms with van der Waals surface area (Å²) in [6, 6.07) is 12.6. The molecule has 0 bridgehead atoms. The fourth-order valence-electron chi connectivity index (χ4n) is 2.24. The lowest BCUT2D eigenvalue weighted by atomic mass is 10.0. The van der Waals surface area contributed by atoms with Gasteiger partial charge in [-0.3, -0.25) is 0 Å². The van der Waals surface area contributed by atoms with Crippen molar-refractivity contribution in [3.8, 4) is 11.1 Å². The molecule has 80 valence electrons. The standard InChI is InChI=1S/C13H10O2S/c1-9-5-4-8-12-13(9)10-6-2-3-7-11(10)16(12,14)15/h2-8H,1H3. The molecular formula is C13H10O2S. The second-order valence-corrected chi connectivity index (χ2v) is 5.83. The normalized spacial score (nSPS) is 15.6. The Labute approximate surface area is 94.5 Å². The highest BCUT2D eigenvalue weighted by molar-refractivity contribution is 7.92. The van der Waals surface area contributed by atoms with Gasteiger partial charge in [0, 0.05) is 11.1 Å². The third-order valence-electron chi connectivity index (χ3n) is 2.97. The first-order valence-electron chi connectivity index (χ1n) is 5.06. The lowest BCUT2D eigenvalue weighted by Gasteiger charge is -2.02. The molecule has 0 aliphatic carbocycles. The molecular weight excluding hydrogens is 220 g/mol. The van der Waals surface area contributed by atoms with Gasteiger partial charge in [0.05, 0.1) is 9.79 Å². The van der Waals surface area contributed by atoms with Gasteiger partial charge in [0.2, 0.25) is 9.84 Å². The number of hydrogen-bond acceptors (Lipinski definition) is 2. The van der Waals surface area contributed by atoms with Crippen molar-refractivity contribution in [3.63, 3.8) is 0 Å². The Hall–Kier alpha value is -1.61. The summed E-state index contributed by atoms with van der Waals surface area (Å²) >= 11 is 0. The van der Waals surface area contributed by atoms with Crippen molar-refractivity contribution in [3.05, 3.63) is 48.0 Å². The van der Waals surface area contributed by atoms with Crippen LogP contribution in [-0.4, -0.2) is 8.42 Å². The van der Waals surface area contributed by atoms with Crippen LogP contribution in [0.15, 0.2) is 52.3 Å². The molecule has 16 heavy (non-hydrogen) atoms. The fraction of sp³-hybridized carbons (Fsp3) is 0.0769. The second-order valence-electron chi connectivity index (χ2n) is 3.95. The molecule has 0 spiro atoms. The average Bonchev–Trinajstić information content (AvgIpc) is 2.51. The van der Waals surface area contributed by atoms with Crippen LogP contribution in [-0.2, 0) is 9.84 Å². The van der Waals surface area contributed by atoms with E-state index in [1.54, 1.807) is 24.3 Å². The summed E-state index contributed by atoms with van der Waals surface area (Å²) in [6.45, 7) is 1.94. The van der Waals surface area contributed by atoms with E-state index in [1.165, 1.54) is 0 Å². The Bertz CT molecular complexity index is 685. The van der Waals surface area contributed by atoms with Gasteiger partial charge in [0.15, 0.2) is 0 Å². The van der Waals surface area contributed by atoms with Gasteiger partial charge < -0.3 is 0 Å². The summed E-state index contributed by atoms with van der Waals surface area (Å²) in [7, 11) is -3.29. The average molecular weight is 230 g/mol. The number of hydrogen-bond donors (Lipinski definition) is 0. The van der Waals surface area contributed by atoms with Crippen LogP contribution in [0, 0.1) is 6.92 Å². The van der Waals surface area contributed by atoms with Gasteiger partial charge in [-0.1, -0.05) is 30.3 Å². The number of sulfone groups is 1.